The maximum absolute atomic E-state index is 13.5. The fourth-order valence-electron chi connectivity index (χ4n) is 3.64. The van der Waals surface area contributed by atoms with Crippen LogP contribution in [-0.4, -0.2) is 65.6 Å². The minimum absolute atomic E-state index is 0.0465. The second-order valence-electron chi connectivity index (χ2n) is 7.56. The zero-order chi connectivity index (χ0) is 23.5. The van der Waals surface area contributed by atoms with E-state index >= 15 is 0 Å². The summed E-state index contributed by atoms with van der Waals surface area (Å²) < 4.78 is 41.3. The van der Waals surface area contributed by atoms with Gasteiger partial charge < -0.3 is 14.6 Å². The van der Waals surface area contributed by atoms with Crippen molar-refractivity contribution in [2.75, 3.05) is 31.2 Å². The first-order valence-electron chi connectivity index (χ1n) is 9.41. The smallest absolute Gasteiger partial charge is 0.280 e. The maximum atomic E-state index is 13.5. The van der Waals surface area contributed by atoms with Gasteiger partial charge in [-0.2, -0.15) is 0 Å². The van der Waals surface area contributed by atoms with Gasteiger partial charge in [0.15, 0.2) is 17.3 Å². The summed E-state index contributed by atoms with van der Waals surface area (Å²) in [4.78, 5) is 27.3. The van der Waals surface area contributed by atoms with Crippen LogP contribution in [0, 0.1) is 5.82 Å². The van der Waals surface area contributed by atoms with Crippen LogP contribution in [0.3, 0.4) is 0 Å². The van der Waals surface area contributed by atoms with Crippen LogP contribution in [0.2, 0.25) is 5.02 Å². The van der Waals surface area contributed by atoms with Gasteiger partial charge in [-0.3, -0.25) is 13.9 Å². The van der Waals surface area contributed by atoms with Crippen molar-refractivity contribution in [3.8, 4) is 5.75 Å². The molecule has 0 spiro atoms. The molecule has 32 heavy (non-hydrogen) atoms. The molecule has 10 nitrogen and oxygen atoms in total. The van der Waals surface area contributed by atoms with Gasteiger partial charge in [0.1, 0.15) is 16.7 Å². The quantitative estimate of drug-likeness (QED) is 0.596. The van der Waals surface area contributed by atoms with E-state index in [9.17, 15) is 27.5 Å². The zero-order valence-electron chi connectivity index (χ0n) is 17.3. The standard InChI is InChI=1S/C19H19ClFN5O5S/c1-23-6-7-25-14-13(16(27)15(25)19(23)29)18(28)26(22-17(14)24(2)32(3,30)31)9-10-4-5-12(21)11(20)8-10/h4-5,8,27H,6-7,9H2,1-3H3. The molecule has 1 aromatic carbocycles. The molecule has 0 unspecified atom stereocenters. The molecule has 0 atom stereocenters. The third kappa shape index (κ3) is 3.39. The minimum atomic E-state index is -3.81. The van der Waals surface area contributed by atoms with Crippen LogP contribution in [0.4, 0.5) is 10.2 Å². The summed E-state index contributed by atoms with van der Waals surface area (Å²) in [6.07, 6.45) is 0.967. The highest BCUT2D eigenvalue weighted by molar-refractivity contribution is 7.92. The fourth-order valence-corrected chi connectivity index (χ4v) is 4.28. The number of aromatic nitrogens is 3. The molecule has 1 aliphatic rings. The molecule has 0 bridgehead atoms. The molecule has 0 aliphatic carbocycles. The van der Waals surface area contributed by atoms with Gasteiger partial charge in [0.25, 0.3) is 11.5 Å². The van der Waals surface area contributed by atoms with Crippen molar-refractivity contribution >= 4 is 44.3 Å². The monoisotopic (exact) mass is 483 g/mol. The first-order chi connectivity index (χ1) is 14.9. The number of nitrogens with zero attached hydrogens (tertiary/aromatic N) is 5. The lowest BCUT2D eigenvalue weighted by atomic mass is 10.2. The molecule has 0 saturated carbocycles. The highest BCUT2D eigenvalue weighted by Gasteiger charge is 2.34. The molecule has 2 aromatic heterocycles. The minimum Gasteiger partial charge on any atom is -0.505 e. The van der Waals surface area contributed by atoms with Gasteiger partial charge in [-0.15, -0.1) is 5.10 Å². The van der Waals surface area contributed by atoms with E-state index in [-0.39, 0.29) is 40.5 Å². The molecular formula is C19H19ClFN5O5S. The van der Waals surface area contributed by atoms with Gasteiger partial charge in [0.2, 0.25) is 10.0 Å². The number of sulfonamides is 1. The number of likely N-dealkylation sites (N-methyl/N-ethyl adjacent to an activating group) is 1. The predicted molar refractivity (Wildman–Crippen MR) is 116 cm³/mol. The van der Waals surface area contributed by atoms with E-state index in [0.29, 0.717) is 12.1 Å². The number of fused-ring (bicyclic) bond motifs is 3. The van der Waals surface area contributed by atoms with Crippen LogP contribution >= 0.6 is 11.6 Å². The largest absolute Gasteiger partial charge is 0.505 e. The lowest BCUT2D eigenvalue weighted by Gasteiger charge is -2.26. The van der Waals surface area contributed by atoms with E-state index in [1.165, 1.54) is 28.6 Å². The highest BCUT2D eigenvalue weighted by Crippen LogP contribution is 2.37. The molecule has 13 heteroatoms. The Kier molecular flexibility index (Phi) is 5.17. The Balaban J connectivity index is 2.04. The molecule has 3 aromatic rings. The van der Waals surface area contributed by atoms with Crippen LogP contribution < -0.4 is 9.86 Å². The molecule has 1 aliphatic heterocycles. The van der Waals surface area contributed by atoms with Crippen LogP contribution in [0.5, 0.6) is 5.75 Å². The summed E-state index contributed by atoms with van der Waals surface area (Å²) in [5.41, 5.74) is -0.373. The number of rotatable bonds is 4. The average Bonchev–Trinajstić information content (AvgIpc) is 3.02. The highest BCUT2D eigenvalue weighted by atomic mass is 35.5. The van der Waals surface area contributed by atoms with E-state index in [1.807, 2.05) is 0 Å². The van der Waals surface area contributed by atoms with Gasteiger partial charge in [0, 0.05) is 27.2 Å². The molecule has 0 radical (unpaired) electrons. The first-order valence-corrected chi connectivity index (χ1v) is 11.6. The third-order valence-electron chi connectivity index (χ3n) is 5.43. The van der Waals surface area contributed by atoms with Gasteiger partial charge in [-0.25, -0.2) is 17.5 Å². The Labute approximate surface area is 187 Å². The maximum Gasteiger partial charge on any atom is 0.280 e. The topological polar surface area (TPSA) is 118 Å². The Morgan fingerprint density at radius 3 is 2.59 bits per heavy atom. The van der Waals surface area contributed by atoms with Gasteiger partial charge >= 0.3 is 0 Å². The Morgan fingerprint density at radius 1 is 1.28 bits per heavy atom. The van der Waals surface area contributed by atoms with Crippen molar-refractivity contribution < 1.29 is 22.7 Å². The molecule has 0 saturated heterocycles. The van der Waals surface area contributed by atoms with E-state index in [4.69, 9.17) is 11.6 Å². The van der Waals surface area contributed by atoms with E-state index < -0.39 is 33.1 Å². The van der Waals surface area contributed by atoms with Crippen molar-refractivity contribution in [1.82, 2.24) is 19.2 Å². The number of amides is 1. The molecule has 170 valence electrons. The second-order valence-corrected chi connectivity index (χ2v) is 9.99. The number of carbonyl (C=O) groups is 1. The summed E-state index contributed by atoms with van der Waals surface area (Å²) in [6.45, 7) is 0.360. The summed E-state index contributed by atoms with van der Waals surface area (Å²) >= 11 is 5.82. The Morgan fingerprint density at radius 2 is 1.97 bits per heavy atom. The molecule has 1 N–H and O–H groups in total. The summed E-state index contributed by atoms with van der Waals surface area (Å²) in [7, 11) is -0.994. The number of hydrogen-bond donors (Lipinski definition) is 1. The van der Waals surface area contributed by atoms with Crippen molar-refractivity contribution in [1.29, 1.82) is 0 Å². The zero-order valence-corrected chi connectivity index (χ0v) is 18.9. The van der Waals surface area contributed by atoms with Crippen molar-refractivity contribution in [3.05, 3.63) is 50.7 Å². The van der Waals surface area contributed by atoms with Crippen molar-refractivity contribution in [2.24, 2.45) is 0 Å². The summed E-state index contributed by atoms with van der Waals surface area (Å²) in [5.74, 6) is -1.81. The lowest BCUT2D eigenvalue weighted by Crippen LogP contribution is -2.37. The summed E-state index contributed by atoms with van der Waals surface area (Å²) in [5, 5.41) is 14.7. The predicted octanol–water partition coefficient (Wildman–Crippen LogP) is 1.23. The van der Waals surface area contributed by atoms with Crippen molar-refractivity contribution in [2.45, 2.75) is 13.1 Å². The van der Waals surface area contributed by atoms with Crippen LogP contribution in [-0.2, 0) is 23.1 Å². The summed E-state index contributed by atoms with van der Waals surface area (Å²) in [6, 6.07) is 3.86. The normalized spacial score (nSPS) is 14.2. The number of halogens is 2. The van der Waals surface area contributed by atoms with Crippen LogP contribution in [0.1, 0.15) is 16.1 Å². The Bertz CT molecular complexity index is 1450. The van der Waals surface area contributed by atoms with E-state index in [2.05, 4.69) is 5.10 Å². The van der Waals surface area contributed by atoms with E-state index in [1.54, 1.807) is 7.05 Å². The molecule has 3 heterocycles. The van der Waals surface area contributed by atoms with Gasteiger partial charge in [0.05, 0.1) is 17.8 Å². The van der Waals surface area contributed by atoms with E-state index in [0.717, 1.165) is 21.3 Å². The molecule has 1 amide bonds. The SMILES string of the molecule is CN1CCn2c(c(O)c3c(=O)n(Cc4ccc(F)c(Cl)c4)nc(N(C)S(C)(=O)=O)c32)C1=O. The number of carbonyl (C=O) groups excluding carboxylic acids is 1. The number of aromatic hydroxyl groups is 1. The van der Waals surface area contributed by atoms with Crippen LogP contribution in [0.15, 0.2) is 23.0 Å². The Hall–Kier alpha value is -3.12. The number of hydrogen-bond acceptors (Lipinski definition) is 6. The second kappa shape index (κ2) is 7.48. The fraction of sp³-hybridized carbons (Fsp3) is 0.316. The van der Waals surface area contributed by atoms with Crippen molar-refractivity contribution in [3.63, 3.8) is 0 Å². The number of anilines is 1. The average molecular weight is 484 g/mol. The third-order valence-corrected chi connectivity index (χ3v) is 6.89. The molecule has 4 rings (SSSR count). The van der Waals surface area contributed by atoms with Gasteiger partial charge in [-0.05, 0) is 17.7 Å². The number of benzene rings is 1. The molecular weight excluding hydrogens is 465 g/mol. The first kappa shape index (κ1) is 22.1. The lowest BCUT2D eigenvalue weighted by molar-refractivity contribution is 0.0747. The van der Waals surface area contributed by atoms with Crippen LogP contribution in [0.25, 0.3) is 10.9 Å². The van der Waals surface area contributed by atoms with Gasteiger partial charge in [-0.1, -0.05) is 17.7 Å². The molecule has 0 fully saturated rings.